The van der Waals surface area contributed by atoms with Gasteiger partial charge in [-0.15, -0.1) is 0 Å². The quantitative estimate of drug-likeness (QED) is 0.280. The Morgan fingerprint density at radius 3 is 2.50 bits per heavy atom. The molecule has 0 rings (SSSR count). The number of hydrogen-bond donors (Lipinski definition) is 0. The van der Waals surface area contributed by atoms with Crippen LogP contribution < -0.4 is 0 Å². The van der Waals surface area contributed by atoms with E-state index in [0.717, 1.165) is 12.3 Å². The molecule has 1 atom stereocenters. The molecule has 0 N–H and O–H groups in total. The van der Waals surface area contributed by atoms with E-state index in [9.17, 15) is 4.79 Å². The molecule has 0 saturated heterocycles. The zero-order valence-corrected chi connectivity index (χ0v) is 12.2. The molecule has 3 heteroatoms. The number of hydrogen-bond acceptors (Lipinski definition) is 2. The standard InChI is InChI=1S/C13H26O2Si/c1-6-12(11-16(3,4)5)9-8-10-15-13(14)7-2/h7,12H,2,6,8-11H2,1,3-5H3. The molecule has 0 aliphatic carbocycles. The summed E-state index contributed by atoms with van der Waals surface area (Å²) in [6.45, 7) is 13.4. The maximum atomic E-state index is 10.8. The molecule has 0 saturated carbocycles. The van der Waals surface area contributed by atoms with E-state index >= 15 is 0 Å². The van der Waals surface area contributed by atoms with Crippen molar-refractivity contribution in [3.8, 4) is 0 Å². The van der Waals surface area contributed by atoms with Crippen molar-refractivity contribution in [1.29, 1.82) is 0 Å². The lowest BCUT2D eigenvalue weighted by molar-refractivity contribution is -0.137. The highest BCUT2D eigenvalue weighted by atomic mass is 28.3. The molecule has 0 aromatic heterocycles. The van der Waals surface area contributed by atoms with Gasteiger partial charge in [0.1, 0.15) is 0 Å². The summed E-state index contributed by atoms with van der Waals surface area (Å²) in [6.07, 6.45) is 4.60. The first-order chi connectivity index (χ1) is 7.39. The maximum absolute atomic E-state index is 10.8. The normalized spacial score (nSPS) is 13.2. The molecule has 0 aromatic rings. The summed E-state index contributed by atoms with van der Waals surface area (Å²) >= 11 is 0. The van der Waals surface area contributed by atoms with Gasteiger partial charge in [-0.2, -0.15) is 0 Å². The Morgan fingerprint density at radius 2 is 2.06 bits per heavy atom. The fourth-order valence-electron chi connectivity index (χ4n) is 1.92. The molecule has 0 aliphatic heterocycles. The Bertz CT molecular complexity index is 218. The minimum Gasteiger partial charge on any atom is -0.463 e. The van der Waals surface area contributed by atoms with Gasteiger partial charge in [0.05, 0.1) is 6.61 Å². The summed E-state index contributed by atoms with van der Waals surface area (Å²) < 4.78 is 4.97. The maximum Gasteiger partial charge on any atom is 0.330 e. The largest absolute Gasteiger partial charge is 0.463 e. The first kappa shape index (κ1) is 15.4. The summed E-state index contributed by atoms with van der Waals surface area (Å²) in [5, 5.41) is 0. The van der Waals surface area contributed by atoms with Crippen LogP contribution in [0.4, 0.5) is 0 Å². The minimum atomic E-state index is -0.954. The van der Waals surface area contributed by atoms with E-state index in [-0.39, 0.29) is 5.97 Å². The SMILES string of the molecule is C=CC(=O)OCCCC(CC)C[Si](C)(C)C. The smallest absolute Gasteiger partial charge is 0.330 e. The molecule has 0 aromatic carbocycles. The van der Waals surface area contributed by atoms with Gasteiger partial charge >= 0.3 is 5.97 Å². The van der Waals surface area contributed by atoms with Gasteiger partial charge < -0.3 is 4.74 Å². The predicted molar refractivity (Wildman–Crippen MR) is 72.3 cm³/mol. The van der Waals surface area contributed by atoms with E-state index in [2.05, 4.69) is 33.1 Å². The second kappa shape index (κ2) is 7.66. The third kappa shape index (κ3) is 8.71. The highest BCUT2D eigenvalue weighted by Crippen LogP contribution is 2.23. The number of rotatable bonds is 8. The van der Waals surface area contributed by atoms with Crippen LogP contribution in [-0.2, 0) is 9.53 Å². The second-order valence-electron chi connectivity index (χ2n) is 5.55. The van der Waals surface area contributed by atoms with Gasteiger partial charge in [0.15, 0.2) is 0 Å². The zero-order valence-electron chi connectivity index (χ0n) is 11.2. The fourth-order valence-corrected chi connectivity index (χ4v) is 4.15. The summed E-state index contributed by atoms with van der Waals surface area (Å²) in [5.74, 6) is 0.493. The van der Waals surface area contributed by atoms with Gasteiger partial charge in [0, 0.05) is 14.1 Å². The molecule has 0 fully saturated rings. The highest BCUT2D eigenvalue weighted by molar-refractivity contribution is 6.76. The molecular weight excluding hydrogens is 216 g/mol. The van der Waals surface area contributed by atoms with Crippen molar-refractivity contribution in [2.45, 2.75) is 51.9 Å². The van der Waals surface area contributed by atoms with Crippen LogP contribution in [0.3, 0.4) is 0 Å². The minimum absolute atomic E-state index is 0.307. The van der Waals surface area contributed by atoms with Crippen LogP contribution in [-0.4, -0.2) is 20.7 Å². The van der Waals surface area contributed by atoms with Crippen molar-refractivity contribution in [2.75, 3.05) is 6.61 Å². The van der Waals surface area contributed by atoms with Crippen molar-refractivity contribution in [3.63, 3.8) is 0 Å². The third-order valence-corrected chi connectivity index (χ3v) is 4.45. The topological polar surface area (TPSA) is 26.3 Å². The lowest BCUT2D eigenvalue weighted by Crippen LogP contribution is -2.23. The van der Waals surface area contributed by atoms with E-state index < -0.39 is 8.07 Å². The summed E-state index contributed by atoms with van der Waals surface area (Å²) in [7, 11) is -0.954. The molecule has 1 unspecified atom stereocenters. The Balaban J connectivity index is 3.71. The summed E-state index contributed by atoms with van der Waals surface area (Å²) in [4.78, 5) is 10.8. The molecular formula is C13H26O2Si. The van der Waals surface area contributed by atoms with E-state index in [4.69, 9.17) is 4.74 Å². The average Bonchev–Trinajstić information content (AvgIpc) is 2.20. The predicted octanol–water partition coefficient (Wildman–Crippen LogP) is 3.86. The molecule has 0 heterocycles. The van der Waals surface area contributed by atoms with Crippen LogP contribution in [0, 0.1) is 5.92 Å². The van der Waals surface area contributed by atoms with Gasteiger partial charge in [-0.3, -0.25) is 0 Å². The third-order valence-electron chi connectivity index (χ3n) is 2.65. The van der Waals surface area contributed by atoms with Crippen LogP contribution in [0.1, 0.15) is 26.2 Å². The van der Waals surface area contributed by atoms with Crippen LogP contribution in [0.2, 0.25) is 25.7 Å². The first-order valence-corrected chi connectivity index (χ1v) is 9.89. The monoisotopic (exact) mass is 242 g/mol. The Morgan fingerprint density at radius 1 is 1.44 bits per heavy atom. The van der Waals surface area contributed by atoms with Gasteiger partial charge in [0.2, 0.25) is 0 Å². The molecule has 16 heavy (non-hydrogen) atoms. The number of esters is 1. The van der Waals surface area contributed by atoms with Gasteiger partial charge in [-0.1, -0.05) is 45.6 Å². The van der Waals surface area contributed by atoms with Gasteiger partial charge in [0.25, 0.3) is 0 Å². The highest BCUT2D eigenvalue weighted by Gasteiger charge is 2.18. The molecule has 0 bridgehead atoms. The number of carbonyl (C=O) groups is 1. The van der Waals surface area contributed by atoms with Crippen LogP contribution in [0.5, 0.6) is 0 Å². The van der Waals surface area contributed by atoms with E-state index in [1.54, 1.807) is 0 Å². The Hall–Kier alpha value is -0.573. The molecule has 2 nitrogen and oxygen atoms in total. The molecule has 94 valence electrons. The number of carbonyl (C=O) groups excluding carboxylic acids is 1. The summed E-state index contributed by atoms with van der Waals surface area (Å²) in [6, 6.07) is 1.37. The average molecular weight is 242 g/mol. The van der Waals surface area contributed by atoms with Crippen molar-refractivity contribution >= 4 is 14.0 Å². The van der Waals surface area contributed by atoms with E-state index in [1.165, 1.54) is 25.0 Å². The fraction of sp³-hybridized carbons (Fsp3) is 0.769. The number of ether oxygens (including phenoxy) is 1. The molecule has 0 aliphatic rings. The van der Waals surface area contributed by atoms with Gasteiger partial charge in [-0.05, 0) is 18.8 Å². The van der Waals surface area contributed by atoms with Crippen molar-refractivity contribution in [1.82, 2.24) is 0 Å². The van der Waals surface area contributed by atoms with Crippen molar-refractivity contribution in [2.24, 2.45) is 5.92 Å². The van der Waals surface area contributed by atoms with Gasteiger partial charge in [-0.25, -0.2) is 4.79 Å². The van der Waals surface area contributed by atoms with Crippen LogP contribution in [0.15, 0.2) is 12.7 Å². The molecule has 0 spiro atoms. The first-order valence-electron chi connectivity index (χ1n) is 6.18. The molecule has 0 amide bonds. The van der Waals surface area contributed by atoms with Crippen molar-refractivity contribution in [3.05, 3.63) is 12.7 Å². The Labute approximate surface area is 101 Å². The van der Waals surface area contributed by atoms with Crippen molar-refractivity contribution < 1.29 is 9.53 Å². The molecule has 0 radical (unpaired) electrons. The Kier molecular flexibility index (Phi) is 7.39. The summed E-state index contributed by atoms with van der Waals surface area (Å²) in [5.41, 5.74) is 0. The van der Waals surface area contributed by atoms with E-state index in [0.29, 0.717) is 6.61 Å². The lowest BCUT2D eigenvalue weighted by atomic mass is 10.0. The van der Waals surface area contributed by atoms with Crippen LogP contribution in [0.25, 0.3) is 0 Å². The lowest BCUT2D eigenvalue weighted by Gasteiger charge is -2.23. The zero-order chi connectivity index (χ0) is 12.6. The van der Waals surface area contributed by atoms with E-state index in [1.807, 2.05) is 0 Å². The van der Waals surface area contributed by atoms with Crippen LogP contribution >= 0.6 is 0 Å². The second-order valence-corrected chi connectivity index (χ2v) is 11.1.